The Balaban J connectivity index is 1.21. The lowest BCUT2D eigenvalue weighted by Crippen LogP contribution is -2.03. The minimum absolute atomic E-state index is 0.673. The Morgan fingerprint density at radius 3 is 1.68 bits per heavy atom. The van der Waals surface area contributed by atoms with Crippen molar-refractivity contribution in [2.24, 2.45) is 0 Å². The Hall–Kier alpha value is -6.78. The molecule has 4 heteroatoms. The number of hydrogen-bond acceptors (Lipinski definition) is 2. The van der Waals surface area contributed by atoms with Crippen LogP contribution in [0.15, 0.2) is 158 Å². The molecule has 50 heavy (non-hydrogen) atoms. The molecule has 0 atom stereocenters. The molecule has 7 aromatic carbocycles. The molecule has 0 aliphatic heterocycles. The first-order valence-electron chi connectivity index (χ1n) is 17.1. The molecule has 5 aromatic heterocycles. The summed E-state index contributed by atoms with van der Waals surface area (Å²) in [5, 5.41) is 13.5. The van der Waals surface area contributed by atoms with Gasteiger partial charge in [-0.15, -0.1) is 0 Å². The average molecular weight is 635 g/mol. The lowest BCUT2D eigenvalue weighted by atomic mass is 9.92. The van der Waals surface area contributed by atoms with Gasteiger partial charge in [0, 0.05) is 32.5 Å². The van der Waals surface area contributed by atoms with E-state index in [0.29, 0.717) is 5.95 Å². The maximum absolute atomic E-state index is 5.51. The van der Waals surface area contributed by atoms with Gasteiger partial charge in [-0.05, 0) is 62.6 Å². The Labute approximate surface area is 285 Å². The molecule has 0 spiro atoms. The largest absolute Gasteiger partial charge is 0.306 e. The summed E-state index contributed by atoms with van der Waals surface area (Å²) >= 11 is 0. The number of hydrogen-bond donors (Lipinski definition) is 0. The van der Waals surface area contributed by atoms with Crippen LogP contribution >= 0.6 is 0 Å². The molecule has 0 radical (unpaired) electrons. The topological polar surface area (TPSA) is 35.1 Å². The first-order chi connectivity index (χ1) is 24.8. The monoisotopic (exact) mass is 634 g/mol. The summed E-state index contributed by atoms with van der Waals surface area (Å²) in [5.74, 6) is 0.673. The zero-order valence-electron chi connectivity index (χ0n) is 26.8. The smallest absolute Gasteiger partial charge is 0.235 e. The van der Waals surface area contributed by atoms with Crippen molar-refractivity contribution in [2.45, 2.75) is 0 Å². The fourth-order valence-electron chi connectivity index (χ4n) is 8.79. The SMILES string of the molecule is c1ccc2c(-c3ccc4c5ccccc5c5ccccc5c4c3)nc(-n3c4ccccc4c4c3c3cccc5c6ccccc6c4n53)nc2c1. The van der Waals surface area contributed by atoms with Crippen LogP contribution in [0.5, 0.6) is 0 Å². The number of benzene rings is 7. The van der Waals surface area contributed by atoms with Crippen LogP contribution in [-0.4, -0.2) is 18.9 Å². The normalized spacial score (nSPS) is 12.4. The van der Waals surface area contributed by atoms with E-state index in [1.54, 1.807) is 0 Å². The number of aromatic nitrogens is 4. The van der Waals surface area contributed by atoms with Gasteiger partial charge in [-0.25, -0.2) is 9.97 Å². The highest BCUT2D eigenvalue weighted by Gasteiger charge is 2.25. The second-order valence-corrected chi connectivity index (χ2v) is 13.3. The average Bonchev–Trinajstić information content (AvgIpc) is 3.82. The van der Waals surface area contributed by atoms with Crippen LogP contribution in [0.4, 0.5) is 0 Å². The van der Waals surface area contributed by atoms with Crippen molar-refractivity contribution >= 4 is 92.3 Å². The third-order valence-corrected chi connectivity index (χ3v) is 10.8. The van der Waals surface area contributed by atoms with Crippen LogP contribution in [0.2, 0.25) is 0 Å². The molecule has 230 valence electrons. The lowest BCUT2D eigenvalue weighted by Gasteiger charge is -2.14. The fraction of sp³-hybridized carbons (Fsp3) is 0. The van der Waals surface area contributed by atoms with Crippen LogP contribution < -0.4 is 0 Å². The van der Waals surface area contributed by atoms with Crippen LogP contribution in [0, 0.1) is 0 Å². The molecular formula is C46H26N4. The number of rotatable bonds is 2. The summed E-state index contributed by atoms with van der Waals surface area (Å²) in [6.45, 7) is 0. The maximum atomic E-state index is 5.51. The number of nitrogens with zero attached hydrogens (tertiary/aromatic N) is 4. The highest BCUT2D eigenvalue weighted by molar-refractivity contribution is 6.30. The van der Waals surface area contributed by atoms with Gasteiger partial charge in [0.15, 0.2) is 0 Å². The van der Waals surface area contributed by atoms with Crippen molar-refractivity contribution in [1.82, 2.24) is 18.9 Å². The minimum atomic E-state index is 0.673. The van der Waals surface area contributed by atoms with E-state index in [-0.39, 0.29) is 0 Å². The zero-order valence-corrected chi connectivity index (χ0v) is 26.8. The maximum Gasteiger partial charge on any atom is 0.235 e. The molecule has 0 fully saturated rings. The third-order valence-electron chi connectivity index (χ3n) is 10.8. The summed E-state index contributed by atoms with van der Waals surface area (Å²) < 4.78 is 4.72. The number of fused-ring (bicyclic) bond motifs is 15. The predicted molar refractivity (Wildman–Crippen MR) is 209 cm³/mol. The molecule has 0 saturated heterocycles. The summed E-state index contributed by atoms with van der Waals surface area (Å²) in [6, 6.07) is 56.8. The molecule has 0 aliphatic rings. The van der Waals surface area contributed by atoms with Gasteiger partial charge in [0.2, 0.25) is 5.95 Å². The molecule has 5 heterocycles. The van der Waals surface area contributed by atoms with Gasteiger partial charge in [0.25, 0.3) is 0 Å². The first-order valence-corrected chi connectivity index (χ1v) is 17.1. The molecule has 0 unspecified atom stereocenters. The Morgan fingerprint density at radius 2 is 0.920 bits per heavy atom. The zero-order chi connectivity index (χ0) is 32.5. The Bertz CT molecular complexity index is 3350. The summed E-state index contributed by atoms with van der Waals surface area (Å²) in [4.78, 5) is 10.8. The predicted octanol–water partition coefficient (Wildman–Crippen LogP) is 11.9. The van der Waals surface area contributed by atoms with E-state index < -0.39 is 0 Å². The van der Waals surface area contributed by atoms with Crippen molar-refractivity contribution in [3.8, 4) is 17.2 Å². The molecule has 0 saturated carbocycles. The number of pyridine rings is 1. The van der Waals surface area contributed by atoms with Crippen molar-refractivity contribution < 1.29 is 0 Å². The van der Waals surface area contributed by atoms with Crippen molar-refractivity contribution in [3.05, 3.63) is 158 Å². The van der Waals surface area contributed by atoms with E-state index in [1.807, 2.05) is 0 Å². The van der Waals surface area contributed by atoms with E-state index in [4.69, 9.17) is 9.97 Å². The Morgan fingerprint density at radius 1 is 0.360 bits per heavy atom. The molecule has 0 amide bonds. The Kier molecular flexibility index (Phi) is 4.94. The van der Waals surface area contributed by atoms with E-state index in [0.717, 1.165) is 38.7 Å². The molecule has 12 aromatic rings. The van der Waals surface area contributed by atoms with Crippen LogP contribution in [0.25, 0.3) is 110 Å². The van der Waals surface area contributed by atoms with Gasteiger partial charge in [0.1, 0.15) is 0 Å². The van der Waals surface area contributed by atoms with Gasteiger partial charge >= 0.3 is 0 Å². The summed E-state index contributed by atoms with van der Waals surface area (Å²) in [5.41, 5.74) is 8.77. The molecule has 0 aliphatic carbocycles. The molecule has 12 rings (SSSR count). The first kappa shape index (κ1) is 26.2. The standard InChI is InChI=1S/C46H26N4/c1-2-14-30-28(12-1)29-13-3-4-15-31(29)37-26-27(24-25-32(30)37)43-35-18-7-9-20-38(35)47-46(48-43)50-40-21-10-8-19-36(40)42-44-34-17-6-5-16-33(34)39-22-11-23-41(45(42)50)49(39)44/h1-26H. The quantitative estimate of drug-likeness (QED) is 0.177. The van der Waals surface area contributed by atoms with Crippen molar-refractivity contribution in [2.75, 3.05) is 0 Å². The molecule has 0 N–H and O–H groups in total. The second-order valence-electron chi connectivity index (χ2n) is 13.3. The van der Waals surface area contributed by atoms with Crippen LogP contribution in [0.1, 0.15) is 0 Å². The van der Waals surface area contributed by atoms with Gasteiger partial charge < -0.3 is 4.40 Å². The summed E-state index contributed by atoms with van der Waals surface area (Å²) in [7, 11) is 0. The fourth-order valence-corrected chi connectivity index (χ4v) is 8.79. The molecule has 4 nitrogen and oxygen atoms in total. The van der Waals surface area contributed by atoms with E-state index in [1.165, 1.54) is 64.9 Å². The highest BCUT2D eigenvalue weighted by Crippen LogP contribution is 2.45. The third kappa shape index (κ3) is 3.25. The van der Waals surface area contributed by atoms with Crippen molar-refractivity contribution in [1.29, 1.82) is 0 Å². The second kappa shape index (κ2) is 9.43. The van der Waals surface area contributed by atoms with Crippen LogP contribution in [-0.2, 0) is 0 Å². The summed E-state index contributed by atoms with van der Waals surface area (Å²) in [6.07, 6.45) is 0. The van der Waals surface area contributed by atoms with E-state index >= 15 is 0 Å². The van der Waals surface area contributed by atoms with Gasteiger partial charge in [0.05, 0.1) is 38.8 Å². The molecule has 0 bridgehead atoms. The van der Waals surface area contributed by atoms with Crippen LogP contribution in [0.3, 0.4) is 0 Å². The van der Waals surface area contributed by atoms with Crippen molar-refractivity contribution in [3.63, 3.8) is 0 Å². The van der Waals surface area contributed by atoms with E-state index in [2.05, 4.69) is 167 Å². The van der Waals surface area contributed by atoms with E-state index in [9.17, 15) is 0 Å². The highest BCUT2D eigenvalue weighted by atomic mass is 15.2. The molecular weight excluding hydrogens is 609 g/mol. The van der Waals surface area contributed by atoms with Gasteiger partial charge in [-0.2, -0.15) is 0 Å². The van der Waals surface area contributed by atoms with Gasteiger partial charge in [-0.1, -0.05) is 127 Å². The lowest BCUT2D eigenvalue weighted by molar-refractivity contribution is 1.02. The van der Waals surface area contributed by atoms with Gasteiger partial charge in [-0.3, -0.25) is 4.57 Å². The number of para-hydroxylation sites is 2. The minimum Gasteiger partial charge on any atom is -0.306 e.